The molecule has 4 rings (SSSR count). The molecule has 1 aromatic heterocycles. The molecule has 25 heavy (non-hydrogen) atoms. The summed E-state index contributed by atoms with van der Waals surface area (Å²) in [5.74, 6) is 0.0610. The average molecular weight is 363 g/mol. The molecule has 6 nitrogen and oxygen atoms in total. The van der Waals surface area contributed by atoms with Crippen molar-refractivity contribution in [1.29, 1.82) is 0 Å². The number of hydrogen-bond donors (Lipinski definition) is 1. The summed E-state index contributed by atoms with van der Waals surface area (Å²) in [6, 6.07) is 4.38. The molecule has 0 aliphatic carbocycles. The minimum absolute atomic E-state index is 0.0785. The van der Waals surface area contributed by atoms with Gasteiger partial charge in [-0.1, -0.05) is 0 Å². The molecule has 3 heterocycles. The Bertz CT molecular complexity index is 985. The van der Waals surface area contributed by atoms with E-state index < -0.39 is 15.8 Å². The Morgan fingerprint density at radius 1 is 1.16 bits per heavy atom. The molecule has 0 spiro atoms. The minimum atomic E-state index is -3.75. The van der Waals surface area contributed by atoms with Crippen LogP contribution in [0.1, 0.15) is 29.9 Å². The van der Waals surface area contributed by atoms with Crippen molar-refractivity contribution in [1.82, 2.24) is 14.3 Å². The van der Waals surface area contributed by atoms with E-state index in [0.29, 0.717) is 36.3 Å². The van der Waals surface area contributed by atoms with Crippen LogP contribution < -0.4 is 5.56 Å². The van der Waals surface area contributed by atoms with Crippen LogP contribution in [0.3, 0.4) is 0 Å². The lowest BCUT2D eigenvalue weighted by molar-refractivity contribution is 0.327. The van der Waals surface area contributed by atoms with Gasteiger partial charge in [0.1, 0.15) is 11.6 Å². The van der Waals surface area contributed by atoms with Crippen LogP contribution in [0.5, 0.6) is 0 Å². The van der Waals surface area contributed by atoms with Crippen LogP contribution in [-0.4, -0.2) is 34.8 Å². The molecule has 0 radical (unpaired) electrons. The van der Waals surface area contributed by atoms with E-state index in [0.717, 1.165) is 18.6 Å². The van der Waals surface area contributed by atoms with Gasteiger partial charge in [0.2, 0.25) is 10.0 Å². The smallest absolute Gasteiger partial charge is 0.254 e. The van der Waals surface area contributed by atoms with E-state index >= 15 is 0 Å². The number of hydrogen-bond acceptors (Lipinski definition) is 4. The van der Waals surface area contributed by atoms with E-state index in [-0.39, 0.29) is 22.5 Å². The summed E-state index contributed by atoms with van der Waals surface area (Å²) in [6.07, 6.45) is 2.22. The maximum atomic E-state index is 13.2. The topological polar surface area (TPSA) is 83.1 Å². The third kappa shape index (κ3) is 2.69. The van der Waals surface area contributed by atoms with Gasteiger partial charge in [-0.2, -0.15) is 4.31 Å². The highest BCUT2D eigenvalue weighted by Gasteiger charge is 2.45. The molecule has 1 fully saturated rings. The van der Waals surface area contributed by atoms with E-state index in [9.17, 15) is 17.6 Å². The fourth-order valence-electron chi connectivity index (χ4n) is 3.95. The van der Waals surface area contributed by atoms with E-state index in [1.165, 1.54) is 16.4 Å². The molecule has 0 amide bonds. The van der Waals surface area contributed by atoms with Crippen LogP contribution in [0.4, 0.5) is 4.39 Å². The second kappa shape index (κ2) is 5.74. The summed E-state index contributed by atoms with van der Waals surface area (Å²) in [4.78, 5) is 19.5. The molecule has 2 aliphatic heterocycles. The Kier molecular flexibility index (Phi) is 3.77. The van der Waals surface area contributed by atoms with Gasteiger partial charge in [0.25, 0.3) is 5.56 Å². The second-order valence-corrected chi connectivity index (χ2v) is 8.50. The lowest BCUT2D eigenvalue weighted by Gasteiger charge is -2.27. The van der Waals surface area contributed by atoms with Gasteiger partial charge in [-0.05, 0) is 50.5 Å². The monoisotopic (exact) mass is 363 g/mol. The number of nitrogens with zero attached hydrogens (tertiary/aromatic N) is 2. The number of halogens is 1. The molecule has 2 aromatic rings. The van der Waals surface area contributed by atoms with Gasteiger partial charge in [0.15, 0.2) is 0 Å². The van der Waals surface area contributed by atoms with Crippen molar-refractivity contribution < 1.29 is 12.8 Å². The first-order valence-electron chi connectivity index (χ1n) is 8.24. The molecule has 2 unspecified atom stereocenters. The minimum Gasteiger partial charge on any atom is -0.311 e. The molecular formula is C17H18FN3O3S. The van der Waals surface area contributed by atoms with Crippen molar-refractivity contribution in [3.8, 4) is 0 Å². The molecule has 8 heteroatoms. The quantitative estimate of drug-likeness (QED) is 0.877. The van der Waals surface area contributed by atoms with Crippen LogP contribution in [0, 0.1) is 12.7 Å². The lowest BCUT2D eigenvalue weighted by Crippen LogP contribution is -2.41. The summed E-state index contributed by atoms with van der Waals surface area (Å²) in [5, 5.41) is 0. The highest BCUT2D eigenvalue weighted by atomic mass is 32.2. The molecular weight excluding hydrogens is 345 g/mol. The zero-order valence-corrected chi connectivity index (χ0v) is 14.5. The van der Waals surface area contributed by atoms with Crippen molar-refractivity contribution in [3.05, 3.63) is 57.5 Å². The molecule has 132 valence electrons. The molecule has 2 atom stereocenters. The lowest BCUT2D eigenvalue weighted by atomic mass is 9.98. The van der Waals surface area contributed by atoms with Gasteiger partial charge in [0.05, 0.1) is 10.6 Å². The summed E-state index contributed by atoms with van der Waals surface area (Å²) in [7, 11) is -3.75. The summed E-state index contributed by atoms with van der Waals surface area (Å²) in [5.41, 5.74) is 1.08. The Morgan fingerprint density at radius 3 is 2.48 bits per heavy atom. The largest absolute Gasteiger partial charge is 0.311 e. The predicted molar refractivity (Wildman–Crippen MR) is 89.2 cm³/mol. The summed E-state index contributed by atoms with van der Waals surface area (Å²) >= 11 is 0. The SMILES string of the molecule is Cc1nc2c(c(=O)[nH]1)CC1CCC(C2)N1S(=O)(=O)c1ccc(F)cc1. The molecule has 2 aliphatic rings. The van der Waals surface area contributed by atoms with E-state index in [1.807, 2.05) is 0 Å². The zero-order valence-electron chi connectivity index (χ0n) is 13.7. The van der Waals surface area contributed by atoms with Crippen molar-refractivity contribution in [2.75, 3.05) is 0 Å². The first kappa shape index (κ1) is 16.4. The Hall–Kier alpha value is -2.06. The van der Waals surface area contributed by atoms with E-state index in [4.69, 9.17) is 0 Å². The third-order valence-electron chi connectivity index (χ3n) is 5.03. The first-order chi connectivity index (χ1) is 11.9. The average Bonchev–Trinajstić information content (AvgIpc) is 2.85. The number of aromatic nitrogens is 2. The highest BCUT2D eigenvalue weighted by molar-refractivity contribution is 7.89. The van der Waals surface area contributed by atoms with Gasteiger partial charge in [-0.15, -0.1) is 0 Å². The van der Waals surface area contributed by atoms with Gasteiger partial charge in [-0.25, -0.2) is 17.8 Å². The van der Waals surface area contributed by atoms with Crippen LogP contribution in [0.15, 0.2) is 34.0 Å². The van der Waals surface area contributed by atoms with Crippen molar-refractivity contribution in [3.63, 3.8) is 0 Å². The van der Waals surface area contributed by atoms with Gasteiger partial charge in [0, 0.05) is 24.1 Å². The number of fused-ring (bicyclic) bond motifs is 3. The standard InChI is InChI=1S/C17H18FN3O3S/c1-10-19-16-9-13-5-4-12(8-15(16)17(22)20-10)21(13)25(23,24)14-6-2-11(18)3-7-14/h2-3,6-7,12-13H,4-5,8-9H2,1H3,(H,19,20,22). The zero-order chi connectivity index (χ0) is 17.8. The Balaban J connectivity index is 1.77. The highest BCUT2D eigenvalue weighted by Crippen LogP contribution is 2.36. The molecule has 0 saturated carbocycles. The number of aromatic amines is 1. The fourth-order valence-corrected chi connectivity index (χ4v) is 5.82. The second-order valence-electron chi connectivity index (χ2n) is 6.66. The first-order valence-corrected chi connectivity index (χ1v) is 9.68. The number of benzene rings is 1. The number of rotatable bonds is 2. The summed E-state index contributed by atoms with van der Waals surface area (Å²) < 4.78 is 40.9. The van der Waals surface area contributed by atoms with Crippen LogP contribution in [0.2, 0.25) is 0 Å². The van der Waals surface area contributed by atoms with Crippen LogP contribution >= 0.6 is 0 Å². The maximum absolute atomic E-state index is 13.2. The predicted octanol–water partition coefficient (Wildman–Crippen LogP) is 1.54. The van der Waals surface area contributed by atoms with Crippen molar-refractivity contribution in [2.24, 2.45) is 0 Å². The van der Waals surface area contributed by atoms with Crippen LogP contribution in [0.25, 0.3) is 0 Å². The van der Waals surface area contributed by atoms with Gasteiger partial charge in [-0.3, -0.25) is 4.79 Å². The third-order valence-corrected chi connectivity index (χ3v) is 7.05. The van der Waals surface area contributed by atoms with Gasteiger partial charge < -0.3 is 4.98 Å². The molecule has 1 N–H and O–H groups in total. The number of aryl methyl sites for hydroxylation is 1. The normalized spacial score (nSPS) is 23.3. The fraction of sp³-hybridized carbons (Fsp3) is 0.412. The number of nitrogens with one attached hydrogen (secondary N) is 1. The van der Waals surface area contributed by atoms with Gasteiger partial charge >= 0.3 is 0 Å². The molecule has 1 saturated heterocycles. The van der Waals surface area contributed by atoms with E-state index in [2.05, 4.69) is 9.97 Å². The molecule has 1 aromatic carbocycles. The van der Waals surface area contributed by atoms with Crippen molar-refractivity contribution >= 4 is 10.0 Å². The molecule has 2 bridgehead atoms. The Morgan fingerprint density at radius 2 is 1.80 bits per heavy atom. The van der Waals surface area contributed by atoms with Crippen molar-refractivity contribution in [2.45, 2.75) is 49.6 Å². The Labute approximate surface area is 144 Å². The number of H-pyrrole nitrogens is 1. The number of sulfonamides is 1. The van der Waals surface area contributed by atoms with Crippen LogP contribution in [-0.2, 0) is 22.9 Å². The maximum Gasteiger partial charge on any atom is 0.254 e. The van der Waals surface area contributed by atoms with E-state index in [1.54, 1.807) is 6.92 Å². The summed E-state index contributed by atoms with van der Waals surface area (Å²) in [6.45, 7) is 1.72.